The van der Waals surface area contributed by atoms with Crippen LogP contribution in [0, 0.1) is 20.2 Å². The van der Waals surface area contributed by atoms with Crippen LogP contribution in [-0.4, -0.2) is 50.0 Å². The van der Waals surface area contributed by atoms with Gasteiger partial charge in [-0.05, 0) is 54.1 Å². The summed E-state index contributed by atoms with van der Waals surface area (Å²) in [5.74, 6) is -3.77. The maximum Gasteiger partial charge on any atom is 0.351 e. The lowest BCUT2D eigenvalue weighted by Crippen LogP contribution is -2.16. The van der Waals surface area contributed by atoms with Gasteiger partial charge in [0.05, 0.1) is 26.5 Å². The number of nitro benzene ring substituents is 2. The molecule has 0 bridgehead atoms. The standard InChI is InChI=1S/C29H20N2O14/c32-27(33)20-3-1-5-22(30(37)38)24(20)26(45-41)16-7-9-17(10-8-16)42-15-43-18-11-13-19(14-12-18)44-29(36)25-21(28(34)35)4-2-6-23(25)31(39)40/h1-14,26,41H,15H2,(H,32,33)(H,34,35). The summed E-state index contributed by atoms with van der Waals surface area (Å²) in [6.07, 6.45) is -1.50. The highest BCUT2D eigenvalue weighted by Crippen LogP contribution is 2.36. The van der Waals surface area contributed by atoms with Crippen molar-refractivity contribution >= 4 is 29.3 Å². The molecule has 1 unspecified atom stereocenters. The Morgan fingerprint density at radius 3 is 1.69 bits per heavy atom. The highest BCUT2D eigenvalue weighted by molar-refractivity contribution is 6.06. The first-order chi connectivity index (χ1) is 21.5. The molecule has 0 saturated heterocycles. The van der Waals surface area contributed by atoms with Crippen LogP contribution in [0.25, 0.3) is 0 Å². The van der Waals surface area contributed by atoms with E-state index in [0.29, 0.717) is 0 Å². The first-order valence-electron chi connectivity index (χ1n) is 12.5. The van der Waals surface area contributed by atoms with Gasteiger partial charge in [-0.2, -0.15) is 0 Å². The summed E-state index contributed by atoms with van der Waals surface area (Å²) in [5.41, 5.74) is -3.19. The average molecular weight is 620 g/mol. The van der Waals surface area contributed by atoms with E-state index < -0.39 is 61.9 Å². The molecule has 0 aliphatic rings. The van der Waals surface area contributed by atoms with Crippen molar-refractivity contribution in [2.75, 3.05) is 6.79 Å². The molecule has 1 atom stereocenters. The Bertz CT molecular complexity index is 1710. The summed E-state index contributed by atoms with van der Waals surface area (Å²) in [5, 5.41) is 51.2. The Hall–Kier alpha value is -6.39. The molecule has 0 saturated carbocycles. The van der Waals surface area contributed by atoms with Gasteiger partial charge in [0.1, 0.15) is 17.2 Å². The van der Waals surface area contributed by atoms with Gasteiger partial charge in [0.2, 0.25) is 6.79 Å². The summed E-state index contributed by atoms with van der Waals surface area (Å²) in [4.78, 5) is 61.4. The van der Waals surface area contributed by atoms with Gasteiger partial charge >= 0.3 is 17.9 Å². The van der Waals surface area contributed by atoms with E-state index >= 15 is 0 Å². The molecule has 45 heavy (non-hydrogen) atoms. The van der Waals surface area contributed by atoms with Crippen molar-refractivity contribution in [3.63, 3.8) is 0 Å². The summed E-state index contributed by atoms with van der Waals surface area (Å²) in [7, 11) is 0. The number of benzene rings is 4. The van der Waals surface area contributed by atoms with Crippen LogP contribution in [0.4, 0.5) is 11.4 Å². The van der Waals surface area contributed by atoms with E-state index in [1.807, 2.05) is 0 Å². The van der Waals surface area contributed by atoms with Crippen LogP contribution in [0.2, 0.25) is 0 Å². The molecule has 4 rings (SSSR count). The molecule has 4 aromatic rings. The molecule has 0 fully saturated rings. The number of esters is 1. The van der Waals surface area contributed by atoms with E-state index in [0.717, 1.165) is 30.3 Å². The number of carboxylic acids is 2. The van der Waals surface area contributed by atoms with Crippen molar-refractivity contribution in [2.45, 2.75) is 6.10 Å². The lowest BCUT2D eigenvalue weighted by atomic mass is 9.95. The lowest BCUT2D eigenvalue weighted by molar-refractivity contribution is -0.387. The molecule has 230 valence electrons. The van der Waals surface area contributed by atoms with E-state index in [4.69, 9.17) is 14.2 Å². The third kappa shape index (κ3) is 7.16. The summed E-state index contributed by atoms with van der Waals surface area (Å²) in [6.45, 7) is -0.316. The fraction of sp³-hybridized carbons (Fsp3) is 0.0690. The maximum absolute atomic E-state index is 12.6. The molecule has 4 aromatic carbocycles. The average Bonchev–Trinajstić information content (AvgIpc) is 3.02. The second kappa shape index (κ2) is 13.7. The van der Waals surface area contributed by atoms with E-state index in [2.05, 4.69) is 4.89 Å². The number of ether oxygens (including phenoxy) is 3. The Morgan fingerprint density at radius 1 is 0.689 bits per heavy atom. The number of hydrogen-bond donors (Lipinski definition) is 3. The van der Waals surface area contributed by atoms with E-state index in [1.165, 1.54) is 54.6 Å². The van der Waals surface area contributed by atoms with Gasteiger partial charge in [-0.15, -0.1) is 0 Å². The lowest BCUT2D eigenvalue weighted by Gasteiger charge is -2.17. The number of hydrogen-bond acceptors (Lipinski definition) is 12. The Kier molecular flexibility index (Phi) is 9.62. The molecule has 0 spiro atoms. The van der Waals surface area contributed by atoms with Gasteiger partial charge in [0, 0.05) is 12.1 Å². The largest absolute Gasteiger partial charge is 0.478 e. The third-order valence-electron chi connectivity index (χ3n) is 6.22. The molecule has 0 aliphatic heterocycles. The van der Waals surface area contributed by atoms with E-state index in [9.17, 15) is 50.1 Å². The molecule has 16 heteroatoms. The minimum atomic E-state index is -1.54. The minimum absolute atomic E-state index is 0.0521. The van der Waals surface area contributed by atoms with Gasteiger partial charge in [-0.25, -0.2) is 19.3 Å². The normalized spacial score (nSPS) is 11.2. The summed E-state index contributed by atoms with van der Waals surface area (Å²) in [6, 6.07) is 17.6. The number of carboxylic acid groups (broad SMARTS) is 2. The zero-order chi connectivity index (χ0) is 32.7. The van der Waals surface area contributed by atoms with Crippen LogP contribution >= 0.6 is 0 Å². The third-order valence-corrected chi connectivity index (χ3v) is 6.22. The molecule has 0 aliphatic carbocycles. The van der Waals surface area contributed by atoms with Crippen LogP contribution in [0.5, 0.6) is 17.2 Å². The fourth-order valence-corrected chi connectivity index (χ4v) is 4.21. The molecular weight excluding hydrogens is 600 g/mol. The van der Waals surface area contributed by atoms with Crippen molar-refractivity contribution in [3.8, 4) is 17.2 Å². The number of carbonyl (C=O) groups is 3. The molecule has 0 radical (unpaired) electrons. The van der Waals surface area contributed by atoms with Gasteiger partial charge in [0.25, 0.3) is 11.4 Å². The summed E-state index contributed by atoms with van der Waals surface area (Å²) < 4.78 is 16.1. The SMILES string of the molecule is O=C(O)c1cccc([N+](=O)[O-])c1C(=O)Oc1ccc(OCOc2ccc(C(OO)c3c(C(=O)O)cccc3[N+](=O)[O-])cc2)cc1. The Labute approximate surface area is 251 Å². The molecule has 0 aromatic heterocycles. The first-order valence-corrected chi connectivity index (χ1v) is 12.5. The second-order valence-corrected chi connectivity index (χ2v) is 8.88. The minimum Gasteiger partial charge on any atom is -0.478 e. The number of nitrogens with zero attached hydrogens (tertiary/aromatic N) is 2. The van der Waals surface area contributed by atoms with Crippen molar-refractivity contribution in [1.29, 1.82) is 0 Å². The first kappa shape index (κ1) is 31.5. The number of carbonyl (C=O) groups excluding carboxylic acids is 1. The zero-order valence-corrected chi connectivity index (χ0v) is 22.6. The predicted octanol–water partition coefficient (Wildman–Crippen LogP) is 5.11. The molecule has 3 N–H and O–H groups in total. The number of nitro groups is 2. The highest BCUT2D eigenvalue weighted by Gasteiger charge is 2.31. The van der Waals surface area contributed by atoms with E-state index in [1.54, 1.807) is 0 Å². The molecular formula is C29H20N2O14. The quantitative estimate of drug-likeness (QED) is 0.0440. The van der Waals surface area contributed by atoms with Gasteiger partial charge < -0.3 is 24.4 Å². The van der Waals surface area contributed by atoms with Crippen LogP contribution in [-0.2, 0) is 4.89 Å². The van der Waals surface area contributed by atoms with Gasteiger partial charge in [-0.1, -0.05) is 24.3 Å². The zero-order valence-electron chi connectivity index (χ0n) is 22.6. The molecule has 0 amide bonds. The van der Waals surface area contributed by atoms with Crippen LogP contribution in [0.1, 0.15) is 48.3 Å². The van der Waals surface area contributed by atoms with Crippen LogP contribution < -0.4 is 14.2 Å². The van der Waals surface area contributed by atoms with Crippen molar-refractivity contribution in [3.05, 3.63) is 133 Å². The van der Waals surface area contributed by atoms with Gasteiger partial charge in [-0.3, -0.25) is 25.5 Å². The molecule has 0 heterocycles. The monoisotopic (exact) mass is 620 g/mol. The number of aromatic carboxylic acids is 2. The van der Waals surface area contributed by atoms with Crippen LogP contribution in [0.3, 0.4) is 0 Å². The Morgan fingerprint density at radius 2 is 1.18 bits per heavy atom. The number of rotatable bonds is 13. The van der Waals surface area contributed by atoms with Crippen molar-refractivity contribution in [2.24, 2.45) is 0 Å². The molecule has 16 nitrogen and oxygen atoms in total. The highest BCUT2D eigenvalue weighted by atomic mass is 17.1. The predicted molar refractivity (Wildman–Crippen MR) is 150 cm³/mol. The Balaban J connectivity index is 1.40. The van der Waals surface area contributed by atoms with Crippen molar-refractivity contribution < 1.29 is 58.8 Å². The van der Waals surface area contributed by atoms with Gasteiger partial charge in [0.15, 0.2) is 11.7 Å². The maximum atomic E-state index is 12.6. The van der Waals surface area contributed by atoms with Crippen LogP contribution in [0.15, 0.2) is 84.9 Å². The smallest absolute Gasteiger partial charge is 0.351 e. The second-order valence-electron chi connectivity index (χ2n) is 8.88. The van der Waals surface area contributed by atoms with E-state index in [-0.39, 0.29) is 35.2 Å². The topological polar surface area (TPSA) is 235 Å². The fourth-order valence-electron chi connectivity index (χ4n) is 4.21. The van der Waals surface area contributed by atoms with Crippen molar-refractivity contribution in [1.82, 2.24) is 0 Å². The summed E-state index contributed by atoms with van der Waals surface area (Å²) >= 11 is 0.